The number of nitrogens with zero attached hydrogens (tertiary/aromatic N) is 2. The van der Waals surface area contributed by atoms with Crippen molar-refractivity contribution in [3.8, 4) is 5.75 Å². The minimum Gasteiger partial charge on any atom is -0.486 e. The summed E-state index contributed by atoms with van der Waals surface area (Å²) in [6.07, 6.45) is 0.155. The number of aliphatic hydroxyl groups is 2. The average Bonchev–Trinajstić information content (AvgIpc) is 2.65. The molecule has 1 aliphatic rings. The molecule has 0 unspecified atom stereocenters. The minimum atomic E-state index is -0.959. The first-order chi connectivity index (χ1) is 13.4. The summed E-state index contributed by atoms with van der Waals surface area (Å²) in [4.78, 5) is 4.25. The van der Waals surface area contributed by atoms with Crippen LogP contribution >= 0.6 is 0 Å². The van der Waals surface area contributed by atoms with Crippen molar-refractivity contribution >= 4 is 5.69 Å². The molecule has 5 nitrogen and oxygen atoms in total. The predicted octanol–water partition coefficient (Wildman–Crippen LogP) is 2.66. The molecule has 0 amide bonds. The number of likely N-dealkylation sites (N-methyl/N-ethyl adjacent to an activating group) is 1. The summed E-state index contributed by atoms with van der Waals surface area (Å²) in [5.41, 5.74) is 1.28. The second-order valence-electron chi connectivity index (χ2n) is 7.72. The van der Waals surface area contributed by atoms with E-state index in [1.165, 1.54) is 17.7 Å². The van der Waals surface area contributed by atoms with Gasteiger partial charge in [-0.1, -0.05) is 18.2 Å². The van der Waals surface area contributed by atoms with Crippen molar-refractivity contribution in [2.75, 3.05) is 38.2 Å². The molecule has 2 aromatic rings. The number of likely N-dealkylation sites (tertiary alicyclic amines) is 1. The number of aliphatic hydroxyl groups excluding tert-OH is 1. The Morgan fingerprint density at radius 3 is 2.68 bits per heavy atom. The lowest BCUT2D eigenvalue weighted by Crippen LogP contribution is -2.56. The summed E-state index contributed by atoms with van der Waals surface area (Å²) in [5, 5.41) is 19.8. The number of anilines is 1. The van der Waals surface area contributed by atoms with Gasteiger partial charge in [0, 0.05) is 45.0 Å². The number of rotatable bonds is 7. The number of hydrogen-bond acceptors (Lipinski definition) is 5. The van der Waals surface area contributed by atoms with E-state index in [-0.39, 0.29) is 12.4 Å². The highest BCUT2D eigenvalue weighted by Gasteiger charge is 2.39. The number of piperidine rings is 1. The molecule has 0 spiro atoms. The van der Waals surface area contributed by atoms with E-state index in [1.807, 2.05) is 24.1 Å². The number of benzene rings is 2. The van der Waals surface area contributed by atoms with E-state index in [1.54, 1.807) is 19.1 Å². The molecule has 3 rings (SSSR count). The molecule has 1 heterocycles. The fourth-order valence-corrected chi connectivity index (χ4v) is 3.47. The highest BCUT2D eigenvalue weighted by atomic mass is 19.1. The third-order valence-electron chi connectivity index (χ3n) is 5.34. The Bertz CT molecular complexity index is 767. The van der Waals surface area contributed by atoms with E-state index in [4.69, 9.17) is 9.84 Å². The molecule has 6 heteroatoms. The maximum atomic E-state index is 13.4. The summed E-state index contributed by atoms with van der Waals surface area (Å²) in [7, 11) is 1.95. The Hall–Kier alpha value is -2.15. The van der Waals surface area contributed by atoms with E-state index in [9.17, 15) is 9.50 Å². The van der Waals surface area contributed by atoms with Gasteiger partial charge in [0.2, 0.25) is 0 Å². The summed E-state index contributed by atoms with van der Waals surface area (Å²) in [5.74, 6) is 0.0828. The van der Waals surface area contributed by atoms with Gasteiger partial charge < -0.3 is 19.8 Å². The second-order valence-corrected chi connectivity index (χ2v) is 7.72. The van der Waals surface area contributed by atoms with E-state index >= 15 is 0 Å². The Morgan fingerprint density at radius 1 is 1.25 bits per heavy atom. The van der Waals surface area contributed by atoms with Crippen molar-refractivity contribution < 1.29 is 19.3 Å². The molecule has 0 aliphatic carbocycles. The third kappa shape index (κ3) is 5.22. The molecule has 28 heavy (non-hydrogen) atoms. The van der Waals surface area contributed by atoms with Gasteiger partial charge >= 0.3 is 0 Å². The smallest absolute Gasteiger partial charge is 0.140 e. The lowest BCUT2D eigenvalue weighted by molar-refractivity contribution is -0.0965. The SMILES string of the molecule is CN(CCO)c1ccc(CN2CC[C@](C)(O)[C@@H](Oc3cccc(F)c3)C2)cc1. The highest BCUT2D eigenvalue weighted by Crippen LogP contribution is 2.28. The molecule has 1 fully saturated rings. The van der Waals surface area contributed by atoms with Gasteiger partial charge in [0.15, 0.2) is 0 Å². The Kier molecular flexibility index (Phi) is 6.54. The Morgan fingerprint density at radius 2 is 2.00 bits per heavy atom. The molecule has 2 N–H and O–H groups in total. The third-order valence-corrected chi connectivity index (χ3v) is 5.34. The van der Waals surface area contributed by atoms with E-state index in [0.29, 0.717) is 25.3 Å². The van der Waals surface area contributed by atoms with Gasteiger partial charge in [0.25, 0.3) is 0 Å². The zero-order valence-corrected chi connectivity index (χ0v) is 16.5. The highest BCUT2D eigenvalue weighted by molar-refractivity contribution is 5.46. The van der Waals surface area contributed by atoms with Crippen molar-refractivity contribution in [2.45, 2.75) is 31.6 Å². The fourth-order valence-electron chi connectivity index (χ4n) is 3.47. The fraction of sp³-hybridized carbons (Fsp3) is 0.455. The summed E-state index contributed by atoms with van der Waals surface area (Å²) in [6.45, 7) is 4.58. The van der Waals surface area contributed by atoms with E-state index in [0.717, 1.165) is 18.8 Å². The van der Waals surface area contributed by atoms with Gasteiger partial charge in [-0.25, -0.2) is 4.39 Å². The minimum absolute atomic E-state index is 0.124. The predicted molar refractivity (Wildman–Crippen MR) is 108 cm³/mol. The molecule has 2 atom stereocenters. The van der Waals surface area contributed by atoms with Crippen LogP contribution in [-0.2, 0) is 6.54 Å². The maximum absolute atomic E-state index is 13.4. The Balaban J connectivity index is 1.63. The van der Waals surface area contributed by atoms with Crippen LogP contribution in [0.1, 0.15) is 18.9 Å². The molecule has 152 valence electrons. The van der Waals surface area contributed by atoms with Crippen molar-refractivity contribution in [1.29, 1.82) is 0 Å². The molecule has 0 saturated carbocycles. The average molecular weight is 388 g/mol. The normalized spacial score (nSPS) is 22.8. The van der Waals surface area contributed by atoms with Crippen LogP contribution in [0.2, 0.25) is 0 Å². The number of hydrogen-bond donors (Lipinski definition) is 2. The molecule has 0 aromatic heterocycles. The molecule has 0 bridgehead atoms. The quantitative estimate of drug-likeness (QED) is 0.764. The van der Waals surface area contributed by atoms with E-state index in [2.05, 4.69) is 17.0 Å². The first-order valence-corrected chi connectivity index (χ1v) is 9.65. The van der Waals surface area contributed by atoms with Crippen LogP contribution in [0.15, 0.2) is 48.5 Å². The molecule has 2 aromatic carbocycles. The van der Waals surface area contributed by atoms with Crippen LogP contribution in [0.5, 0.6) is 5.75 Å². The zero-order chi connectivity index (χ0) is 20.1. The topological polar surface area (TPSA) is 56.2 Å². The lowest BCUT2D eigenvalue weighted by atomic mass is 9.90. The monoisotopic (exact) mass is 388 g/mol. The van der Waals surface area contributed by atoms with Gasteiger partial charge in [0.1, 0.15) is 23.3 Å². The molecular formula is C22H29FN2O3. The van der Waals surface area contributed by atoms with Crippen molar-refractivity contribution in [3.63, 3.8) is 0 Å². The van der Waals surface area contributed by atoms with Crippen LogP contribution < -0.4 is 9.64 Å². The van der Waals surface area contributed by atoms with Gasteiger partial charge in [0.05, 0.1) is 6.61 Å². The first-order valence-electron chi connectivity index (χ1n) is 9.65. The zero-order valence-electron chi connectivity index (χ0n) is 16.5. The maximum Gasteiger partial charge on any atom is 0.140 e. The van der Waals surface area contributed by atoms with Crippen molar-refractivity contribution in [2.24, 2.45) is 0 Å². The molecular weight excluding hydrogens is 359 g/mol. The Labute approximate surface area is 166 Å². The van der Waals surface area contributed by atoms with Crippen LogP contribution in [0.25, 0.3) is 0 Å². The van der Waals surface area contributed by atoms with E-state index < -0.39 is 11.7 Å². The number of halogens is 1. The van der Waals surface area contributed by atoms with Gasteiger partial charge in [-0.05, 0) is 43.2 Å². The molecule has 1 saturated heterocycles. The van der Waals surface area contributed by atoms with Crippen molar-refractivity contribution in [3.05, 3.63) is 59.9 Å². The largest absolute Gasteiger partial charge is 0.486 e. The van der Waals surface area contributed by atoms with Gasteiger partial charge in [-0.3, -0.25) is 4.90 Å². The molecule has 0 radical (unpaired) electrons. The second kappa shape index (κ2) is 8.90. The summed E-state index contributed by atoms with van der Waals surface area (Å²) >= 11 is 0. The van der Waals surface area contributed by atoms with Gasteiger partial charge in [-0.2, -0.15) is 0 Å². The van der Waals surface area contributed by atoms with Crippen LogP contribution in [0, 0.1) is 5.82 Å². The standard InChI is InChI=1S/C22H29FN2O3/c1-22(27)10-11-25(16-21(22)28-20-5-3-4-18(23)14-20)15-17-6-8-19(9-7-17)24(2)12-13-26/h3-9,14,21,26-27H,10-13,15-16H2,1-2H3/t21-,22-/m0/s1. The lowest BCUT2D eigenvalue weighted by Gasteiger charge is -2.42. The summed E-state index contributed by atoms with van der Waals surface area (Å²) < 4.78 is 19.4. The summed E-state index contributed by atoms with van der Waals surface area (Å²) in [6, 6.07) is 14.3. The van der Waals surface area contributed by atoms with Crippen LogP contribution in [-0.4, -0.2) is 60.1 Å². The first kappa shape index (κ1) is 20.6. The van der Waals surface area contributed by atoms with Gasteiger partial charge in [-0.15, -0.1) is 0 Å². The van der Waals surface area contributed by atoms with Crippen molar-refractivity contribution in [1.82, 2.24) is 4.90 Å². The van der Waals surface area contributed by atoms with Crippen LogP contribution in [0.3, 0.4) is 0 Å². The molecule has 1 aliphatic heterocycles. The number of ether oxygens (including phenoxy) is 1. The van der Waals surface area contributed by atoms with Crippen LogP contribution in [0.4, 0.5) is 10.1 Å².